The van der Waals surface area contributed by atoms with Gasteiger partial charge in [0.1, 0.15) is 5.76 Å². The molecule has 2 rings (SSSR count). The zero-order valence-electron chi connectivity index (χ0n) is 12.8. The minimum absolute atomic E-state index is 0.151. The molecule has 0 saturated heterocycles. The topological polar surface area (TPSA) is 87.4 Å². The number of aryl methyl sites for hydroxylation is 2. The highest BCUT2D eigenvalue weighted by atomic mass is 16.5. The summed E-state index contributed by atoms with van der Waals surface area (Å²) in [7, 11) is 0. The van der Waals surface area contributed by atoms with Crippen molar-refractivity contribution in [2.45, 2.75) is 52.1 Å². The van der Waals surface area contributed by atoms with Gasteiger partial charge in [-0.15, -0.1) is 0 Å². The summed E-state index contributed by atoms with van der Waals surface area (Å²) in [6.07, 6.45) is 4.32. The monoisotopic (exact) mass is 295 g/mol. The third-order valence-electron chi connectivity index (χ3n) is 4.15. The molecule has 0 spiro atoms. The van der Waals surface area contributed by atoms with Gasteiger partial charge >= 0.3 is 6.03 Å². The number of aliphatic hydroxyl groups is 1. The van der Waals surface area contributed by atoms with Crippen LogP contribution in [0.3, 0.4) is 0 Å². The zero-order valence-corrected chi connectivity index (χ0v) is 12.8. The van der Waals surface area contributed by atoms with Crippen LogP contribution in [0.5, 0.6) is 0 Å². The molecule has 6 heteroatoms. The summed E-state index contributed by atoms with van der Waals surface area (Å²) >= 11 is 0. The van der Waals surface area contributed by atoms with E-state index in [1.54, 1.807) is 0 Å². The highest BCUT2D eigenvalue weighted by molar-refractivity contribution is 5.73. The Kier molecular flexibility index (Phi) is 5.61. The minimum Gasteiger partial charge on any atom is -0.393 e. The van der Waals surface area contributed by atoms with Crippen molar-refractivity contribution in [1.29, 1.82) is 0 Å². The number of carbonyl (C=O) groups is 1. The maximum Gasteiger partial charge on any atom is 0.314 e. The van der Waals surface area contributed by atoms with Gasteiger partial charge in [-0.05, 0) is 45.4 Å². The van der Waals surface area contributed by atoms with Gasteiger partial charge in [0.05, 0.1) is 11.8 Å². The number of urea groups is 1. The molecule has 0 radical (unpaired) electrons. The molecule has 6 nitrogen and oxygen atoms in total. The van der Waals surface area contributed by atoms with E-state index in [1.165, 1.54) is 0 Å². The van der Waals surface area contributed by atoms with Crippen LogP contribution in [0.25, 0.3) is 0 Å². The van der Waals surface area contributed by atoms with Gasteiger partial charge < -0.3 is 20.3 Å². The van der Waals surface area contributed by atoms with E-state index in [0.717, 1.165) is 49.1 Å². The maximum atomic E-state index is 11.7. The summed E-state index contributed by atoms with van der Waals surface area (Å²) in [6, 6.07) is -0.151. The van der Waals surface area contributed by atoms with Gasteiger partial charge in [-0.2, -0.15) is 0 Å². The van der Waals surface area contributed by atoms with Gasteiger partial charge in [0.25, 0.3) is 0 Å². The van der Waals surface area contributed by atoms with Crippen molar-refractivity contribution in [1.82, 2.24) is 15.8 Å². The summed E-state index contributed by atoms with van der Waals surface area (Å²) in [4.78, 5) is 11.7. The summed E-state index contributed by atoms with van der Waals surface area (Å²) in [5, 5.41) is 19.2. The molecule has 2 unspecified atom stereocenters. The summed E-state index contributed by atoms with van der Waals surface area (Å²) in [5.74, 6) is 1.20. The summed E-state index contributed by atoms with van der Waals surface area (Å²) in [6.45, 7) is 4.97. The Balaban J connectivity index is 1.64. The molecule has 1 heterocycles. The molecule has 1 aliphatic carbocycles. The Morgan fingerprint density at radius 1 is 1.38 bits per heavy atom. The average Bonchev–Trinajstić information content (AvgIpc) is 2.77. The van der Waals surface area contributed by atoms with E-state index in [2.05, 4.69) is 15.8 Å². The second-order valence-electron chi connectivity index (χ2n) is 5.88. The van der Waals surface area contributed by atoms with Crippen LogP contribution in [0.4, 0.5) is 4.79 Å². The number of nitrogens with zero attached hydrogens (tertiary/aromatic N) is 1. The molecule has 0 aromatic carbocycles. The Bertz CT molecular complexity index is 453. The SMILES string of the molecule is Cc1noc(C)c1CCNC(=O)NCC1CCCC(O)C1. The molecule has 118 valence electrons. The lowest BCUT2D eigenvalue weighted by molar-refractivity contribution is 0.101. The van der Waals surface area contributed by atoms with Crippen LogP contribution in [0.15, 0.2) is 4.52 Å². The Hall–Kier alpha value is -1.56. The van der Waals surface area contributed by atoms with Crippen molar-refractivity contribution in [2.24, 2.45) is 5.92 Å². The van der Waals surface area contributed by atoms with E-state index in [-0.39, 0.29) is 12.1 Å². The lowest BCUT2D eigenvalue weighted by Gasteiger charge is -2.25. The number of hydrogen-bond donors (Lipinski definition) is 3. The largest absolute Gasteiger partial charge is 0.393 e. The fourth-order valence-electron chi connectivity index (χ4n) is 2.91. The lowest BCUT2D eigenvalue weighted by Crippen LogP contribution is -2.40. The first-order chi connectivity index (χ1) is 10.1. The number of aliphatic hydroxyl groups excluding tert-OH is 1. The molecule has 21 heavy (non-hydrogen) atoms. The molecule has 2 atom stereocenters. The zero-order chi connectivity index (χ0) is 15.2. The average molecular weight is 295 g/mol. The van der Waals surface area contributed by atoms with Crippen LogP contribution in [0.2, 0.25) is 0 Å². The number of hydrogen-bond acceptors (Lipinski definition) is 4. The van der Waals surface area contributed by atoms with Crippen molar-refractivity contribution < 1.29 is 14.4 Å². The van der Waals surface area contributed by atoms with E-state index >= 15 is 0 Å². The first-order valence-corrected chi connectivity index (χ1v) is 7.67. The van der Waals surface area contributed by atoms with Gasteiger partial charge in [-0.1, -0.05) is 11.6 Å². The van der Waals surface area contributed by atoms with E-state index in [0.29, 0.717) is 19.0 Å². The Labute approximate surface area is 125 Å². The standard InChI is InChI=1S/C15H25N3O3/c1-10-14(11(2)21-18-10)6-7-16-15(20)17-9-12-4-3-5-13(19)8-12/h12-13,19H,3-9H2,1-2H3,(H2,16,17,20). The second kappa shape index (κ2) is 7.45. The lowest BCUT2D eigenvalue weighted by atomic mass is 9.87. The summed E-state index contributed by atoms with van der Waals surface area (Å²) < 4.78 is 5.09. The highest BCUT2D eigenvalue weighted by Crippen LogP contribution is 2.23. The molecule has 2 amide bonds. The third kappa shape index (κ3) is 4.74. The van der Waals surface area contributed by atoms with Crippen LogP contribution in [-0.2, 0) is 6.42 Å². The summed E-state index contributed by atoms with van der Waals surface area (Å²) in [5.41, 5.74) is 1.94. The molecule has 0 bridgehead atoms. The van der Waals surface area contributed by atoms with Crippen LogP contribution < -0.4 is 10.6 Å². The first kappa shape index (κ1) is 15.8. The van der Waals surface area contributed by atoms with E-state index in [9.17, 15) is 9.90 Å². The van der Waals surface area contributed by atoms with Crippen molar-refractivity contribution in [3.63, 3.8) is 0 Å². The van der Waals surface area contributed by atoms with E-state index < -0.39 is 0 Å². The van der Waals surface area contributed by atoms with Gasteiger partial charge in [0.2, 0.25) is 0 Å². The maximum absolute atomic E-state index is 11.7. The molecule has 1 saturated carbocycles. The quantitative estimate of drug-likeness (QED) is 0.771. The predicted octanol–water partition coefficient (Wildman–Crippen LogP) is 1.68. The molecular formula is C15H25N3O3. The van der Waals surface area contributed by atoms with Crippen molar-refractivity contribution >= 4 is 6.03 Å². The van der Waals surface area contributed by atoms with Crippen LogP contribution in [-0.4, -0.2) is 35.5 Å². The van der Waals surface area contributed by atoms with Crippen LogP contribution >= 0.6 is 0 Å². The van der Waals surface area contributed by atoms with Crippen LogP contribution in [0.1, 0.15) is 42.7 Å². The van der Waals surface area contributed by atoms with Gasteiger partial charge in [-0.3, -0.25) is 0 Å². The fraction of sp³-hybridized carbons (Fsp3) is 0.733. The van der Waals surface area contributed by atoms with Gasteiger partial charge in [-0.25, -0.2) is 4.79 Å². The molecular weight excluding hydrogens is 270 g/mol. The fourth-order valence-corrected chi connectivity index (χ4v) is 2.91. The van der Waals surface area contributed by atoms with E-state index in [4.69, 9.17) is 4.52 Å². The predicted molar refractivity (Wildman–Crippen MR) is 79.0 cm³/mol. The molecule has 1 aromatic heterocycles. The number of aromatic nitrogens is 1. The third-order valence-corrected chi connectivity index (χ3v) is 4.15. The number of carbonyl (C=O) groups excluding carboxylic acids is 1. The Morgan fingerprint density at radius 2 is 2.19 bits per heavy atom. The molecule has 1 fully saturated rings. The first-order valence-electron chi connectivity index (χ1n) is 7.67. The van der Waals surface area contributed by atoms with Crippen molar-refractivity contribution in [2.75, 3.05) is 13.1 Å². The van der Waals surface area contributed by atoms with E-state index in [1.807, 2.05) is 13.8 Å². The molecule has 3 N–H and O–H groups in total. The van der Waals surface area contributed by atoms with Crippen molar-refractivity contribution in [3.8, 4) is 0 Å². The van der Waals surface area contributed by atoms with Gasteiger partial charge in [0, 0.05) is 18.7 Å². The normalized spacial score (nSPS) is 22.0. The molecule has 1 aliphatic rings. The number of nitrogens with one attached hydrogen (secondary N) is 2. The van der Waals surface area contributed by atoms with Crippen molar-refractivity contribution in [3.05, 3.63) is 17.0 Å². The molecule has 1 aromatic rings. The van der Waals surface area contributed by atoms with Crippen LogP contribution in [0, 0.1) is 19.8 Å². The van der Waals surface area contributed by atoms with Gasteiger partial charge in [0.15, 0.2) is 0 Å². The number of amides is 2. The number of rotatable bonds is 5. The minimum atomic E-state index is -0.201. The molecule has 0 aliphatic heterocycles. The highest BCUT2D eigenvalue weighted by Gasteiger charge is 2.20. The second-order valence-corrected chi connectivity index (χ2v) is 5.88. The Morgan fingerprint density at radius 3 is 2.86 bits per heavy atom. The smallest absolute Gasteiger partial charge is 0.314 e.